The molecule has 76 valence electrons. The lowest BCUT2D eigenvalue weighted by molar-refractivity contribution is -0.132. The zero-order chi connectivity index (χ0) is 10.1. The van der Waals surface area contributed by atoms with Crippen molar-refractivity contribution in [2.45, 2.75) is 19.4 Å². The Kier molecular flexibility index (Phi) is 3.19. The third-order valence-electron chi connectivity index (χ3n) is 2.78. The Morgan fingerprint density at radius 3 is 2.54 bits per heavy atom. The van der Waals surface area contributed by atoms with Gasteiger partial charge >= 0.3 is 0 Å². The second-order valence-corrected chi connectivity index (χ2v) is 4.45. The van der Waals surface area contributed by atoms with Gasteiger partial charge in [-0.3, -0.25) is 9.69 Å². The van der Waals surface area contributed by atoms with Crippen LogP contribution in [0.25, 0.3) is 0 Å². The Morgan fingerprint density at radius 2 is 2.08 bits per heavy atom. The van der Waals surface area contributed by atoms with E-state index in [0.717, 1.165) is 19.6 Å². The molecule has 4 heteroatoms. The third-order valence-corrected chi connectivity index (χ3v) is 3.01. The van der Waals surface area contributed by atoms with E-state index in [2.05, 4.69) is 25.8 Å². The first-order valence-corrected chi connectivity index (χ1v) is 5.06. The molecule has 0 spiro atoms. The number of hydrogen-bond acceptors (Lipinski definition) is 2. The predicted molar refractivity (Wildman–Crippen MR) is 54.0 cm³/mol. The highest BCUT2D eigenvalue weighted by Crippen LogP contribution is 2.18. The zero-order valence-electron chi connectivity index (χ0n) is 8.51. The lowest BCUT2D eigenvalue weighted by atomic mass is 10.00. The van der Waals surface area contributed by atoms with Crippen molar-refractivity contribution in [3.05, 3.63) is 0 Å². The van der Waals surface area contributed by atoms with E-state index < -0.39 is 0 Å². The maximum Gasteiger partial charge on any atom is 0.237 e. The molecule has 0 saturated carbocycles. The van der Waals surface area contributed by atoms with E-state index >= 15 is 0 Å². The molecule has 3 nitrogen and oxygen atoms in total. The van der Waals surface area contributed by atoms with E-state index in [1.807, 2.05) is 4.90 Å². The third kappa shape index (κ3) is 2.35. The van der Waals surface area contributed by atoms with Crippen LogP contribution in [0.1, 0.15) is 13.8 Å². The molecule has 1 rings (SSSR count). The van der Waals surface area contributed by atoms with E-state index in [1.54, 1.807) is 0 Å². The van der Waals surface area contributed by atoms with Crippen molar-refractivity contribution in [1.29, 1.82) is 0 Å². The Labute approximate surface area is 84.6 Å². The molecule has 13 heavy (non-hydrogen) atoms. The van der Waals surface area contributed by atoms with Crippen LogP contribution in [-0.2, 0) is 4.79 Å². The lowest BCUT2D eigenvalue weighted by Gasteiger charge is -2.45. The number of amides is 1. The smallest absolute Gasteiger partial charge is 0.237 e. The van der Waals surface area contributed by atoms with Crippen molar-refractivity contribution in [2.75, 3.05) is 32.6 Å². The van der Waals surface area contributed by atoms with E-state index in [1.165, 1.54) is 0 Å². The molecule has 0 N–H and O–H groups in total. The molecule has 1 aliphatic heterocycles. The number of carbonyl (C=O) groups is 1. The maximum atomic E-state index is 11.3. The van der Waals surface area contributed by atoms with E-state index in [4.69, 9.17) is 11.6 Å². The Hall–Kier alpha value is -0.280. The second kappa shape index (κ2) is 3.84. The molecule has 1 aliphatic rings. The molecule has 1 heterocycles. The minimum absolute atomic E-state index is 0.0443. The first-order valence-electron chi connectivity index (χ1n) is 4.52. The van der Waals surface area contributed by atoms with Crippen LogP contribution in [0.4, 0.5) is 0 Å². The maximum absolute atomic E-state index is 11.3. The summed E-state index contributed by atoms with van der Waals surface area (Å²) >= 11 is 5.51. The Balaban J connectivity index is 2.60. The molecule has 0 aliphatic carbocycles. The summed E-state index contributed by atoms with van der Waals surface area (Å²) < 4.78 is 0. The highest BCUT2D eigenvalue weighted by Gasteiger charge is 2.32. The molecular weight excluding hydrogens is 188 g/mol. The molecule has 1 amide bonds. The van der Waals surface area contributed by atoms with Gasteiger partial charge < -0.3 is 4.90 Å². The van der Waals surface area contributed by atoms with Crippen LogP contribution < -0.4 is 0 Å². The van der Waals surface area contributed by atoms with E-state index in [0.29, 0.717) is 0 Å². The van der Waals surface area contributed by atoms with Crippen LogP contribution >= 0.6 is 11.6 Å². The summed E-state index contributed by atoms with van der Waals surface area (Å²) in [5, 5.41) is 0. The van der Waals surface area contributed by atoms with Crippen LogP contribution in [0.3, 0.4) is 0 Å². The van der Waals surface area contributed by atoms with Crippen molar-refractivity contribution in [3.8, 4) is 0 Å². The van der Waals surface area contributed by atoms with Gasteiger partial charge in [0.2, 0.25) is 5.91 Å². The van der Waals surface area contributed by atoms with Crippen LogP contribution in [0.5, 0.6) is 0 Å². The molecule has 0 atom stereocenters. The highest BCUT2D eigenvalue weighted by atomic mass is 35.5. The van der Waals surface area contributed by atoms with Crippen molar-refractivity contribution < 1.29 is 4.79 Å². The van der Waals surface area contributed by atoms with Gasteiger partial charge in [0.25, 0.3) is 0 Å². The van der Waals surface area contributed by atoms with Crippen LogP contribution in [0, 0.1) is 0 Å². The van der Waals surface area contributed by atoms with E-state index in [-0.39, 0.29) is 17.3 Å². The molecule has 0 aromatic heterocycles. The Bertz CT molecular complexity index is 206. The number of halogens is 1. The van der Waals surface area contributed by atoms with Gasteiger partial charge in [-0.15, -0.1) is 11.6 Å². The van der Waals surface area contributed by atoms with Crippen LogP contribution in [0.15, 0.2) is 0 Å². The fourth-order valence-corrected chi connectivity index (χ4v) is 1.71. The molecule has 0 bridgehead atoms. The van der Waals surface area contributed by atoms with Gasteiger partial charge in [-0.2, -0.15) is 0 Å². The average molecular weight is 205 g/mol. The molecular formula is C9H17ClN2O. The van der Waals surface area contributed by atoms with Gasteiger partial charge in [-0.05, 0) is 20.9 Å². The zero-order valence-corrected chi connectivity index (χ0v) is 9.26. The fraction of sp³-hybridized carbons (Fsp3) is 0.889. The highest BCUT2D eigenvalue weighted by molar-refractivity contribution is 6.27. The molecule has 0 unspecified atom stereocenters. The number of likely N-dealkylation sites (N-methyl/N-ethyl adjacent to an activating group) is 1. The van der Waals surface area contributed by atoms with Gasteiger partial charge in [0, 0.05) is 25.2 Å². The van der Waals surface area contributed by atoms with Crippen LogP contribution in [0.2, 0.25) is 0 Å². The number of carbonyl (C=O) groups excluding carboxylic acids is 1. The molecule has 0 aromatic rings. The minimum Gasteiger partial charge on any atom is -0.339 e. The van der Waals surface area contributed by atoms with Gasteiger partial charge in [-0.1, -0.05) is 0 Å². The summed E-state index contributed by atoms with van der Waals surface area (Å²) in [6.07, 6.45) is 0. The molecule has 1 saturated heterocycles. The first-order chi connectivity index (χ1) is 5.97. The normalized spacial score (nSPS) is 23.2. The summed E-state index contributed by atoms with van der Waals surface area (Å²) in [4.78, 5) is 15.4. The summed E-state index contributed by atoms with van der Waals surface area (Å²) in [6, 6.07) is 0. The largest absolute Gasteiger partial charge is 0.339 e. The monoisotopic (exact) mass is 204 g/mol. The summed E-state index contributed by atoms with van der Waals surface area (Å²) in [7, 11) is 2.09. The number of piperazine rings is 1. The molecule has 0 radical (unpaired) electrons. The Morgan fingerprint density at radius 1 is 1.46 bits per heavy atom. The summed E-state index contributed by atoms with van der Waals surface area (Å²) in [5.41, 5.74) is 0.0694. The van der Waals surface area contributed by atoms with E-state index in [9.17, 15) is 4.79 Å². The lowest BCUT2D eigenvalue weighted by Crippen LogP contribution is -2.59. The predicted octanol–water partition coefficient (Wildman–Crippen LogP) is 0.778. The van der Waals surface area contributed by atoms with Crippen molar-refractivity contribution in [3.63, 3.8) is 0 Å². The summed E-state index contributed by atoms with van der Waals surface area (Å²) in [6.45, 7) is 6.78. The topological polar surface area (TPSA) is 23.6 Å². The number of alkyl halides is 1. The molecule has 1 fully saturated rings. The number of nitrogens with zero attached hydrogens (tertiary/aromatic N) is 2. The molecule has 0 aromatic carbocycles. The van der Waals surface area contributed by atoms with Gasteiger partial charge in [-0.25, -0.2) is 0 Å². The quantitative estimate of drug-likeness (QED) is 0.590. The average Bonchev–Trinajstić information content (AvgIpc) is 2.08. The SMILES string of the molecule is CN1CCN(C(=O)CCl)CC1(C)C. The summed E-state index contributed by atoms with van der Waals surface area (Å²) in [5.74, 6) is 0.141. The fourth-order valence-electron chi connectivity index (χ4n) is 1.54. The number of rotatable bonds is 1. The standard InChI is InChI=1S/C9H17ClN2O/c1-9(2)7-12(8(13)6-10)5-4-11(9)3/h4-7H2,1-3H3. The van der Waals surface area contributed by atoms with Gasteiger partial charge in [0.05, 0.1) is 0 Å². The minimum atomic E-state index is 0.0443. The van der Waals surface area contributed by atoms with Crippen LogP contribution in [-0.4, -0.2) is 53.8 Å². The van der Waals surface area contributed by atoms with Crippen molar-refractivity contribution >= 4 is 17.5 Å². The van der Waals surface area contributed by atoms with Gasteiger partial charge in [0.1, 0.15) is 5.88 Å². The second-order valence-electron chi connectivity index (χ2n) is 4.18. The van der Waals surface area contributed by atoms with Crippen molar-refractivity contribution in [1.82, 2.24) is 9.80 Å². The number of hydrogen-bond donors (Lipinski definition) is 0. The van der Waals surface area contributed by atoms with Crippen molar-refractivity contribution in [2.24, 2.45) is 0 Å². The van der Waals surface area contributed by atoms with Gasteiger partial charge in [0.15, 0.2) is 0 Å². The first kappa shape index (κ1) is 10.8.